The van der Waals surface area contributed by atoms with Gasteiger partial charge < -0.3 is 10.1 Å². The van der Waals surface area contributed by atoms with Crippen LogP contribution in [0.2, 0.25) is 0 Å². The fraction of sp³-hybridized carbons (Fsp3) is 1.00. The Balaban J connectivity index is 2.59. The maximum atomic E-state index is 5.41. The van der Waals surface area contributed by atoms with Crippen molar-refractivity contribution in [2.75, 3.05) is 33.9 Å². The van der Waals surface area contributed by atoms with E-state index in [2.05, 4.69) is 24.1 Å². The Morgan fingerprint density at radius 2 is 2.12 bits per heavy atom. The van der Waals surface area contributed by atoms with Crippen molar-refractivity contribution in [3.8, 4) is 0 Å². The van der Waals surface area contributed by atoms with E-state index >= 15 is 0 Å². The summed E-state index contributed by atoms with van der Waals surface area (Å²) in [6.07, 6.45) is 5.36. The van der Waals surface area contributed by atoms with E-state index in [1.165, 1.54) is 32.2 Å². The van der Waals surface area contributed by atoms with Crippen LogP contribution in [0.25, 0.3) is 0 Å². The zero-order chi connectivity index (χ0) is 12.7. The molecule has 102 valence electrons. The summed E-state index contributed by atoms with van der Waals surface area (Å²) in [6, 6.07) is 1.33. The van der Waals surface area contributed by atoms with Crippen LogP contribution in [0.1, 0.15) is 39.5 Å². The molecule has 3 heteroatoms. The molecule has 0 saturated carbocycles. The monoisotopic (exact) mass is 242 g/mol. The van der Waals surface area contributed by atoms with Gasteiger partial charge in [0.15, 0.2) is 0 Å². The minimum absolute atomic E-state index is 0.585. The standard InChI is InChI=1S/C14H30N2O/c1-12(2)14(11-17-4)16-10-6-5-7-13(16)8-9-15-3/h12-15H,5-11H2,1-4H3. The van der Waals surface area contributed by atoms with Crippen molar-refractivity contribution in [2.45, 2.75) is 51.6 Å². The molecular formula is C14H30N2O. The SMILES string of the molecule is CNCCC1CCCCN1C(COC)C(C)C. The summed E-state index contributed by atoms with van der Waals surface area (Å²) in [6.45, 7) is 7.87. The highest BCUT2D eigenvalue weighted by atomic mass is 16.5. The van der Waals surface area contributed by atoms with Gasteiger partial charge in [-0.25, -0.2) is 0 Å². The zero-order valence-electron chi connectivity index (χ0n) is 12.0. The smallest absolute Gasteiger partial charge is 0.0620 e. The average molecular weight is 242 g/mol. The number of methoxy groups -OCH3 is 1. The van der Waals surface area contributed by atoms with Crippen molar-refractivity contribution in [1.29, 1.82) is 0 Å². The molecule has 1 aliphatic heterocycles. The maximum absolute atomic E-state index is 5.41. The molecule has 1 saturated heterocycles. The summed E-state index contributed by atoms with van der Waals surface area (Å²) in [5, 5.41) is 3.28. The second-order valence-electron chi connectivity index (χ2n) is 5.55. The number of ether oxygens (including phenoxy) is 1. The molecule has 1 rings (SSSR count). The van der Waals surface area contributed by atoms with Crippen molar-refractivity contribution in [3.63, 3.8) is 0 Å². The van der Waals surface area contributed by atoms with Crippen LogP contribution in [0.3, 0.4) is 0 Å². The normalized spacial score (nSPS) is 24.2. The van der Waals surface area contributed by atoms with Crippen LogP contribution in [-0.2, 0) is 4.74 Å². The first-order valence-electron chi connectivity index (χ1n) is 7.10. The van der Waals surface area contributed by atoms with Gasteiger partial charge >= 0.3 is 0 Å². The van der Waals surface area contributed by atoms with Gasteiger partial charge in [-0.15, -0.1) is 0 Å². The number of rotatable bonds is 7. The number of hydrogen-bond donors (Lipinski definition) is 1. The molecule has 1 fully saturated rings. The molecule has 0 aromatic rings. The minimum atomic E-state index is 0.585. The number of hydrogen-bond acceptors (Lipinski definition) is 3. The van der Waals surface area contributed by atoms with Gasteiger partial charge in [0.1, 0.15) is 0 Å². The molecule has 17 heavy (non-hydrogen) atoms. The topological polar surface area (TPSA) is 24.5 Å². The number of nitrogens with one attached hydrogen (secondary N) is 1. The molecule has 0 bridgehead atoms. The van der Waals surface area contributed by atoms with E-state index in [-0.39, 0.29) is 0 Å². The van der Waals surface area contributed by atoms with Crippen LogP contribution in [0.5, 0.6) is 0 Å². The molecule has 1 aliphatic rings. The van der Waals surface area contributed by atoms with E-state index in [0.29, 0.717) is 12.0 Å². The number of likely N-dealkylation sites (tertiary alicyclic amines) is 1. The lowest BCUT2D eigenvalue weighted by Crippen LogP contribution is -2.51. The Morgan fingerprint density at radius 3 is 2.71 bits per heavy atom. The zero-order valence-corrected chi connectivity index (χ0v) is 12.0. The van der Waals surface area contributed by atoms with Crippen molar-refractivity contribution in [3.05, 3.63) is 0 Å². The van der Waals surface area contributed by atoms with Crippen LogP contribution in [-0.4, -0.2) is 50.8 Å². The van der Waals surface area contributed by atoms with Gasteiger partial charge in [0.2, 0.25) is 0 Å². The molecule has 3 nitrogen and oxygen atoms in total. The van der Waals surface area contributed by atoms with Crippen LogP contribution in [0, 0.1) is 5.92 Å². The highest BCUT2D eigenvalue weighted by molar-refractivity contribution is 4.84. The molecule has 2 atom stereocenters. The molecular weight excluding hydrogens is 212 g/mol. The van der Waals surface area contributed by atoms with Crippen molar-refractivity contribution < 1.29 is 4.74 Å². The van der Waals surface area contributed by atoms with Crippen LogP contribution < -0.4 is 5.32 Å². The van der Waals surface area contributed by atoms with Crippen molar-refractivity contribution in [1.82, 2.24) is 10.2 Å². The van der Waals surface area contributed by atoms with Crippen molar-refractivity contribution in [2.24, 2.45) is 5.92 Å². The second-order valence-corrected chi connectivity index (χ2v) is 5.55. The highest BCUT2D eigenvalue weighted by Crippen LogP contribution is 2.25. The Morgan fingerprint density at radius 1 is 1.35 bits per heavy atom. The molecule has 0 radical (unpaired) electrons. The summed E-state index contributed by atoms with van der Waals surface area (Å²) in [5.41, 5.74) is 0. The molecule has 1 N–H and O–H groups in total. The third-order valence-electron chi connectivity index (χ3n) is 3.93. The molecule has 0 aromatic heterocycles. The average Bonchev–Trinajstić information content (AvgIpc) is 2.33. The number of piperidine rings is 1. The van der Waals surface area contributed by atoms with Gasteiger partial charge in [-0.2, -0.15) is 0 Å². The lowest BCUT2D eigenvalue weighted by molar-refractivity contribution is 0.0158. The summed E-state index contributed by atoms with van der Waals surface area (Å²) in [7, 11) is 3.87. The Labute approximate surface area is 107 Å². The fourth-order valence-corrected chi connectivity index (χ4v) is 2.92. The molecule has 2 unspecified atom stereocenters. The van der Waals surface area contributed by atoms with Gasteiger partial charge in [0.25, 0.3) is 0 Å². The quantitative estimate of drug-likeness (QED) is 0.740. The third-order valence-corrected chi connectivity index (χ3v) is 3.93. The molecule has 0 spiro atoms. The van der Waals surface area contributed by atoms with Gasteiger partial charge in [-0.1, -0.05) is 20.3 Å². The minimum Gasteiger partial charge on any atom is -0.383 e. The van der Waals surface area contributed by atoms with Gasteiger partial charge in [-0.05, 0) is 45.3 Å². The lowest BCUT2D eigenvalue weighted by Gasteiger charge is -2.43. The highest BCUT2D eigenvalue weighted by Gasteiger charge is 2.30. The van der Waals surface area contributed by atoms with Crippen LogP contribution in [0.15, 0.2) is 0 Å². The summed E-state index contributed by atoms with van der Waals surface area (Å²) in [5.74, 6) is 0.671. The molecule has 1 heterocycles. The fourth-order valence-electron chi connectivity index (χ4n) is 2.92. The van der Waals surface area contributed by atoms with Crippen LogP contribution >= 0.6 is 0 Å². The molecule has 0 aliphatic carbocycles. The summed E-state index contributed by atoms with van der Waals surface area (Å²) < 4.78 is 5.41. The maximum Gasteiger partial charge on any atom is 0.0620 e. The van der Waals surface area contributed by atoms with E-state index in [9.17, 15) is 0 Å². The molecule has 0 amide bonds. The van der Waals surface area contributed by atoms with Gasteiger partial charge in [0.05, 0.1) is 6.61 Å². The van der Waals surface area contributed by atoms with E-state index in [0.717, 1.165) is 19.2 Å². The summed E-state index contributed by atoms with van der Waals surface area (Å²) >= 11 is 0. The van der Waals surface area contributed by atoms with E-state index < -0.39 is 0 Å². The predicted octanol–water partition coefficient (Wildman–Crippen LogP) is 2.12. The lowest BCUT2D eigenvalue weighted by atomic mass is 9.93. The number of nitrogens with zero attached hydrogens (tertiary/aromatic N) is 1. The Bertz CT molecular complexity index is 197. The van der Waals surface area contributed by atoms with Crippen molar-refractivity contribution >= 4 is 0 Å². The first kappa shape index (κ1) is 14.9. The first-order valence-corrected chi connectivity index (χ1v) is 7.10. The first-order chi connectivity index (χ1) is 8.20. The van der Waals surface area contributed by atoms with E-state index in [4.69, 9.17) is 4.74 Å². The van der Waals surface area contributed by atoms with E-state index in [1.807, 2.05) is 14.2 Å². The molecule has 0 aromatic carbocycles. The van der Waals surface area contributed by atoms with Crippen LogP contribution in [0.4, 0.5) is 0 Å². The Kier molecular flexibility index (Phi) is 7.09. The third kappa shape index (κ3) is 4.57. The Hall–Kier alpha value is -0.120. The van der Waals surface area contributed by atoms with Gasteiger partial charge in [-0.3, -0.25) is 4.90 Å². The summed E-state index contributed by atoms with van der Waals surface area (Å²) in [4.78, 5) is 2.70. The second kappa shape index (κ2) is 8.06. The largest absolute Gasteiger partial charge is 0.383 e. The van der Waals surface area contributed by atoms with Gasteiger partial charge in [0, 0.05) is 19.2 Å². The predicted molar refractivity (Wildman–Crippen MR) is 73.4 cm³/mol. The van der Waals surface area contributed by atoms with E-state index in [1.54, 1.807) is 0 Å².